The molecule has 112 valence electrons. The van der Waals surface area contributed by atoms with Crippen LogP contribution in [0.3, 0.4) is 0 Å². The Morgan fingerprint density at radius 3 is 2.57 bits per heavy atom. The molecule has 5 heteroatoms. The van der Waals surface area contributed by atoms with E-state index in [0.29, 0.717) is 5.02 Å². The number of aryl methyl sites for hydroxylation is 2. The molecule has 0 saturated carbocycles. The summed E-state index contributed by atoms with van der Waals surface area (Å²) in [7, 11) is 1.66. The highest BCUT2D eigenvalue weighted by Gasteiger charge is 2.22. The summed E-state index contributed by atoms with van der Waals surface area (Å²) in [5, 5.41) is 0.664. The van der Waals surface area contributed by atoms with E-state index in [4.69, 9.17) is 22.2 Å². The van der Waals surface area contributed by atoms with E-state index in [1.165, 1.54) is 0 Å². The average molecular weight is 370 g/mol. The molecule has 0 fully saturated rings. The second-order valence-corrected chi connectivity index (χ2v) is 6.25. The van der Waals surface area contributed by atoms with Gasteiger partial charge in [0.05, 0.1) is 13.2 Å². The molecule has 1 unspecified atom stereocenters. The fourth-order valence-electron chi connectivity index (χ4n) is 2.54. The van der Waals surface area contributed by atoms with Crippen molar-refractivity contribution in [2.45, 2.75) is 19.9 Å². The predicted molar refractivity (Wildman–Crippen MR) is 90.8 cm³/mol. The predicted octanol–water partition coefficient (Wildman–Crippen LogP) is 4.28. The van der Waals surface area contributed by atoms with Crippen LogP contribution in [-0.4, -0.2) is 7.11 Å². The van der Waals surface area contributed by atoms with Crippen LogP contribution in [-0.2, 0) is 0 Å². The average Bonchev–Trinajstić information content (AvgIpc) is 2.44. The molecule has 0 bridgehead atoms. The molecule has 0 amide bonds. The van der Waals surface area contributed by atoms with Crippen LogP contribution in [0.15, 0.2) is 34.8 Å². The van der Waals surface area contributed by atoms with Gasteiger partial charge in [-0.05, 0) is 54.8 Å². The van der Waals surface area contributed by atoms with Crippen molar-refractivity contribution >= 4 is 27.5 Å². The lowest BCUT2D eigenvalue weighted by molar-refractivity contribution is 0.403. The van der Waals surface area contributed by atoms with Crippen molar-refractivity contribution < 1.29 is 4.74 Å². The Morgan fingerprint density at radius 2 is 1.95 bits per heavy atom. The standard InChI is InChI=1S/C16H18BrClN2O/c1-9-6-10(2)15(14(7-9)21-3)16(20-19)12-8-11(18)4-5-13(12)17/h4-8,16,20H,19H2,1-3H3. The quantitative estimate of drug-likeness (QED) is 0.624. The second-order valence-electron chi connectivity index (χ2n) is 4.96. The fourth-order valence-corrected chi connectivity index (χ4v) is 3.20. The van der Waals surface area contributed by atoms with Gasteiger partial charge in [-0.1, -0.05) is 33.6 Å². The van der Waals surface area contributed by atoms with Crippen LogP contribution < -0.4 is 16.0 Å². The highest BCUT2D eigenvalue weighted by molar-refractivity contribution is 9.10. The minimum Gasteiger partial charge on any atom is -0.496 e. The van der Waals surface area contributed by atoms with Crippen molar-refractivity contribution in [1.29, 1.82) is 0 Å². The SMILES string of the molecule is COc1cc(C)cc(C)c1C(NN)c1cc(Cl)ccc1Br. The number of benzene rings is 2. The van der Waals surface area contributed by atoms with Gasteiger partial charge in [0.25, 0.3) is 0 Å². The summed E-state index contributed by atoms with van der Waals surface area (Å²) >= 11 is 9.68. The lowest BCUT2D eigenvalue weighted by Gasteiger charge is -2.23. The minimum absolute atomic E-state index is 0.214. The lowest BCUT2D eigenvalue weighted by atomic mass is 9.93. The first-order valence-corrected chi connectivity index (χ1v) is 7.71. The number of halogens is 2. The zero-order valence-corrected chi connectivity index (χ0v) is 14.5. The highest BCUT2D eigenvalue weighted by atomic mass is 79.9. The molecule has 21 heavy (non-hydrogen) atoms. The molecule has 0 aromatic heterocycles. The fraction of sp³-hybridized carbons (Fsp3) is 0.250. The van der Waals surface area contributed by atoms with Crippen LogP contribution in [0, 0.1) is 13.8 Å². The smallest absolute Gasteiger partial charge is 0.124 e. The van der Waals surface area contributed by atoms with Crippen molar-refractivity contribution in [3.63, 3.8) is 0 Å². The van der Waals surface area contributed by atoms with Crippen LogP contribution >= 0.6 is 27.5 Å². The number of hydrogen-bond donors (Lipinski definition) is 2. The third kappa shape index (κ3) is 3.40. The molecular weight excluding hydrogens is 352 g/mol. The van der Waals surface area contributed by atoms with Crippen LogP contribution in [0.5, 0.6) is 5.75 Å². The van der Waals surface area contributed by atoms with E-state index in [2.05, 4.69) is 27.4 Å². The van der Waals surface area contributed by atoms with Crippen molar-refractivity contribution in [1.82, 2.24) is 5.43 Å². The van der Waals surface area contributed by atoms with Crippen LogP contribution in [0.2, 0.25) is 5.02 Å². The van der Waals surface area contributed by atoms with E-state index >= 15 is 0 Å². The molecule has 0 aliphatic carbocycles. The van der Waals surface area contributed by atoms with Gasteiger partial charge in [-0.3, -0.25) is 5.84 Å². The Morgan fingerprint density at radius 1 is 1.24 bits per heavy atom. The summed E-state index contributed by atoms with van der Waals surface area (Å²) < 4.78 is 6.48. The first kappa shape index (κ1) is 16.3. The van der Waals surface area contributed by atoms with Gasteiger partial charge in [-0.15, -0.1) is 0 Å². The van der Waals surface area contributed by atoms with Crippen molar-refractivity contribution in [3.8, 4) is 5.75 Å². The van der Waals surface area contributed by atoms with Crippen molar-refractivity contribution in [2.24, 2.45) is 5.84 Å². The van der Waals surface area contributed by atoms with E-state index in [1.807, 2.05) is 38.1 Å². The number of rotatable bonds is 4. The van der Waals surface area contributed by atoms with Gasteiger partial charge < -0.3 is 4.74 Å². The molecule has 1 atom stereocenters. The molecular formula is C16H18BrClN2O. The third-order valence-corrected chi connectivity index (χ3v) is 4.39. The van der Waals surface area contributed by atoms with Crippen molar-refractivity contribution in [3.05, 3.63) is 62.1 Å². The van der Waals surface area contributed by atoms with Gasteiger partial charge in [0.2, 0.25) is 0 Å². The molecule has 3 N–H and O–H groups in total. The molecule has 0 spiro atoms. The van der Waals surface area contributed by atoms with E-state index in [0.717, 1.165) is 32.5 Å². The topological polar surface area (TPSA) is 47.3 Å². The Bertz CT molecular complexity index is 661. The number of hydrogen-bond acceptors (Lipinski definition) is 3. The maximum atomic E-state index is 6.12. The number of hydrazine groups is 1. The maximum Gasteiger partial charge on any atom is 0.124 e. The molecule has 2 rings (SSSR count). The van der Waals surface area contributed by atoms with Crippen molar-refractivity contribution in [2.75, 3.05) is 7.11 Å². The summed E-state index contributed by atoms with van der Waals surface area (Å²) in [5.41, 5.74) is 7.10. The number of nitrogens with two attached hydrogens (primary N) is 1. The first-order valence-electron chi connectivity index (χ1n) is 6.54. The van der Waals surface area contributed by atoms with E-state index in [1.54, 1.807) is 7.11 Å². The summed E-state index contributed by atoms with van der Waals surface area (Å²) in [5.74, 6) is 6.62. The van der Waals surface area contributed by atoms with Crippen LogP contribution in [0.1, 0.15) is 28.3 Å². The van der Waals surface area contributed by atoms with Gasteiger partial charge in [-0.2, -0.15) is 0 Å². The summed E-state index contributed by atoms with van der Waals surface area (Å²) in [6.07, 6.45) is 0. The van der Waals surface area contributed by atoms with Gasteiger partial charge in [-0.25, -0.2) is 5.43 Å². The maximum absolute atomic E-state index is 6.12. The Balaban J connectivity index is 2.64. The molecule has 0 saturated heterocycles. The molecule has 2 aromatic rings. The van der Waals surface area contributed by atoms with Crippen LogP contribution in [0.4, 0.5) is 0 Å². The summed E-state index contributed by atoms with van der Waals surface area (Å²) in [4.78, 5) is 0. The van der Waals surface area contributed by atoms with Gasteiger partial charge in [0.15, 0.2) is 0 Å². The molecule has 0 heterocycles. The minimum atomic E-state index is -0.214. The molecule has 2 aromatic carbocycles. The monoisotopic (exact) mass is 368 g/mol. The normalized spacial score (nSPS) is 12.3. The van der Waals surface area contributed by atoms with Gasteiger partial charge in [0, 0.05) is 15.1 Å². The Labute approximate surface area is 138 Å². The van der Waals surface area contributed by atoms with E-state index < -0.39 is 0 Å². The van der Waals surface area contributed by atoms with Gasteiger partial charge in [0.1, 0.15) is 5.75 Å². The van der Waals surface area contributed by atoms with Crippen LogP contribution in [0.25, 0.3) is 0 Å². The molecule has 0 aliphatic heterocycles. The number of nitrogens with one attached hydrogen (secondary N) is 1. The lowest BCUT2D eigenvalue weighted by Crippen LogP contribution is -2.30. The Hall–Kier alpha value is -1.07. The number of methoxy groups -OCH3 is 1. The molecule has 3 nitrogen and oxygen atoms in total. The largest absolute Gasteiger partial charge is 0.496 e. The molecule has 0 radical (unpaired) electrons. The van der Waals surface area contributed by atoms with E-state index in [-0.39, 0.29) is 6.04 Å². The number of ether oxygens (including phenoxy) is 1. The summed E-state index contributed by atoms with van der Waals surface area (Å²) in [6, 6.07) is 9.55. The highest BCUT2D eigenvalue weighted by Crippen LogP contribution is 2.37. The zero-order valence-electron chi connectivity index (χ0n) is 12.2. The second kappa shape index (κ2) is 6.79. The Kier molecular flexibility index (Phi) is 5.27. The zero-order chi connectivity index (χ0) is 15.6. The third-order valence-electron chi connectivity index (χ3n) is 3.44. The first-order chi connectivity index (χ1) is 9.97. The van der Waals surface area contributed by atoms with Gasteiger partial charge >= 0.3 is 0 Å². The van der Waals surface area contributed by atoms with E-state index in [9.17, 15) is 0 Å². The summed E-state index contributed by atoms with van der Waals surface area (Å²) in [6.45, 7) is 4.09. The molecule has 0 aliphatic rings.